The Hall–Kier alpha value is -2.19. The monoisotopic (exact) mass is 564 g/mol. The molecule has 2 saturated heterocycles. The molecule has 39 heavy (non-hydrogen) atoms. The van der Waals surface area contributed by atoms with E-state index >= 15 is 0 Å². The molecular formula is C32H40N2O3S2. The van der Waals surface area contributed by atoms with Crippen LogP contribution in [-0.2, 0) is 14.2 Å². The Balaban J connectivity index is 1.45. The molecule has 2 aromatic rings. The molecule has 0 bridgehead atoms. The Morgan fingerprint density at radius 1 is 1.13 bits per heavy atom. The van der Waals surface area contributed by atoms with Gasteiger partial charge in [0.15, 0.2) is 5.79 Å². The van der Waals surface area contributed by atoms with Gasteiger partial charge in [0, 0.05) is 23.5 Å². The Morgan fingerprint density at radius 2 is 1.72 bits per heavy atom. The average Bonchev–Trinajstić information content (AvgIpc) is 3.48. The van der Waals surface area contributed by atoms with Gasteiger partial charge in [-0.25, -0.2) is 0 Å². The first-order valence-electron chi connectivity index (χ1n) is 14.0. The molecule has 2 heterocycles. The number of rotatable bonds is 9. The molecule has 1 spiro atoms. The maximum absolute atomic E-state index is 6.41. The van der Waals surface area contributed by atoms with E-state index in [1.165, 1.54) is 28.6 Å². The minimum atomic E-state index is -0.615. The van der Waals surface area contributed by atoms with Gasteiger partial charge < -0.3 is 14.2 Å². The second-order valence-electron chi connectivity index (χ2n) is 11.3. The van der Waals surface area contributed by atoms with Crippen molar-refractivity contribution in [2.45, 2.75) is 69.9 Å². The number of thioether (sulfide) groups is 1. The standard InChI is InChI=1S/C32H40N2O3S2/c1-5-6-17-27(37-30(38)39-4)31(2,3)26-22-25(18-19-32(26)35-20-21-36-32)33-34-28(23-13-9-7-10-14-23)29(34)24-15-11-8-12-16-24/h5,7-16,26-29H,1,6,17-22H2,2-4H3/b33-25+/t26?,27?,28-,29-/m1/s1. The van der Waals surface area contributed by atoms with Gasteiger partial charge >= 0.3 is 0 Å². The molecule has 1 saturated carbocycles. The summed E-state index contributed by atoms with van der Waals surface area (Å²) in [7, 11) is 0. The Morgan fingerprint density at radius 3 is 2.26 bits per heavy atom. The first kappa shape index (κ1) is 28.3. The van der Waals surface area contributed by atoms with Crippen LogP contribution in [0.1, 0.15) is 69.2 Å². The quantitative estimate of drug-likeness (QED) is 0.177. The predicted molar refractivity (Wildman–Crippen MR) is 164 cm³/mol. The lowest BCUT2D eigenvalue weighted by Crippen LogP contribution is -2.54. The van der Waals surface area contributed by atoms with Gasteiger partial charge in [-0.2, -0.15) is 5.10 Å². The summed E-state index contributed by atoms with van der Waals surface area (Å²) in [6.07, 6.45) is 7.98. The van der Waals surface area contributed by atoms with Crippen LogP contribution >= 0.6 is 24.0 Å². The molecule has 2 aliphatic heterocycles. The van der Waals surface area contributed by atoms with Crippen molar-refractivity contribution in [1.29, 1.82) is 0 Å². The highest BCUT2D eigenvalue weighted by Gasteiger charge is 2.57. The van der Waals surface area contributed by atoms with Crippen molar-refractivity contribution in [2.24, 2.45) is 16.4 Å². The summed E-state index contributed by atoms with van der Waals surface area (Å²) < 4.78 is 19.8. The highest BCUT2D eigenvalue weighted by Crippen LogP contribution is 2.56. The van der Waals surface area contributed by atoms with Crippen molar-refractivity contribution in [1.82, 2.24) is 5.01 Å². The Labute approximate surface area is 243 Å². The molecule has 7 heteroatoms. The average molecular weight is 565 g/mol. The maximum Gasteiger partial charge on any atom is 0.219 e. The van der Waals surface area contributed by atoms with Crippen LogP contribution in [-0.4, -0.2) is 46.5 Å². The first-order valence-corrected chi connectivity index (χ1v) is 15.6. The van der Waals surface area contributed by atoms with E-state index in [4.69, 9.17) is 31.5 Å². The topological polar surface area (TPSA) is 43.1 Å². The third kappa shape index (κ3) is 5.97. The second kappa shape index (κ2) is 12.1. The van der Waals surface area contributed by atoms with Crippen LogP contribution in [0, 0.1) is 11.3 Å². The van der Waals surface area contributed by atoms with E-state index in [-0.39, 0.29) is 29.5 Å². The summed E-state index contributed by atoms with van der Waals surface area (Å²) in [4.78, 5) is 0. The molecule has 2 unspecified atom stereocenters. The SMILES string of the molecule is C=CCCC(OC(=S)SC)C(C)(C)C1C/C(=N/N2[C@H](c3ccccc3)[C@H]2c2ccccc2)CCC12OCCO2. The zero-order valence-corrected chi connectivity index (χ0v) is 24.9. The van der Waals surface area contributed by atoms with Crippen LogP contribution in [0.25, 0.3) is 0 Å². The van der Waals surface area contributed by atoms with E-state index in [0.29, 0.717) is 17.6 Å². The summed E-state index contributed by atoms with van der Waals surface area (Å²) >= 11 is 6.98. The number of ether oxygens (including phenoxy) is 3. The molecule has 0 aromatic heterocycles. The van der Waals surface area contributed by atoms with Crippen molar-refractivity contribution >= 4 is 34.1 Å². The molecule has 3 fully saturated rings. The molecule has 0 amide bonds. The molecule has 2 aromatic carbocycles. The highest BCUT2D eigenvalue weighted by molar-refractivity contribution is 8.22. The van der Waals surface area contributed by atoms with E-state index in [0.717, 1.165) is 32.1 Å². The fourth-order valence-corrected chi connectivity index (χ4v) is 6.77. The van der Waals surface area contributed by atoms with Crippen molar-refractivity contribution < 1.29 is 14.2 Å². The number of hydrazone groups is 1. The number of hydrogen-bond donors (Lipinski definition) is 0. The van der Waals surface area contributed by atoms with Crippen molar-refractivity contribution in [2.75, 3.05) is 19.5 Å². The van der Waals surface area contributed by atoms with Gasteiger partial charge in [-0.05, 0) is 55.3 Å². The number of thiocarbonyl (C=S) groups is 1. The molecule has 208 valence electrons. The molecule has 1 aliphatic carbocycles. The number of nitrogens with zero attached hydrogens (tertiary/aromatic N) is 2. The number of benzene rings is 2. The third-order valence-corrected chi connectivity index (χ3v) is 9.62. The Bertz CT molecular complexity index is 1120. The molecule has 5 nitrogen and oxygen atoms in total. The molecule has 3 aliphatic rings. The predicted octanol–water partition coefficient (Wildman–Crippen LogP) is 7.71. The van der Waals surface area contributed by atoms with Crippen LogP contribution in [0.5, 0.6) is 0 Å². The summed E-state index contributed by atoms with van der Waals surface area (Å²) in [5, 5.41) is 7.62. The molecular weight excluding hydrogens is 524 g/mol. The minimum absolute atomic E-state index is 0.0739. The molecule has 0 N–H and O–H groups in total. The molecule has 0 radical (unpaired) electrons. The molecule has 4 atom stereocenters. The first-order chi connectivity index (χ1) is 18.9. The van der Waals surface area contributed by atoms with Crippen molar-refractivity contribution in [3.63, 3.8) is 0 Å². The largest absolute Gasteiger partial charge is 0.475 e. The van der Waals surface area contributed by atoms with E-state index in [1.54, 1.807) is 0 Å². The lowest BCUT2D eigenvalue weighted by Gasteiger charge is -2.50. The van der Waals surface area contributed by atoms with E-state index in [1.807, 2.05) is 12.3 Å². The van der Waals surface area contributed by atoms with Gasteiger partial charge in [0.25, 0.3) is 0 Å². The van der Waals surface area contributed by atoms with Gasteiger partial charge in [0.1, 0.15) is 6.10 Å². The van der Waals surface area contributed by atoms with Gasteiger partial charge in [-0.3, -0.25) is 5.01 Å². The maximum atomic E-state index is 6.41. The van der Waals surface area contributed by atoms with Gasteiger partial charge in [-0.15, -0.1) is 6.58 Å². The normalized spacial score (nSPS) is 26.0. The Kier molecular flexibility index (Phi) is 8.82. The minimum Gasteiger partial charge on any atom is -0.475 e. The zero-order valence-electron chi connectivity index (χ0n) is 23.3. The van der Waals surface area contributed by atoms with Crippen LogP contribution in [0.3, 0.4) is 0 Å². The summed E-state index contributed by atoms with van der Waals surface area (Å²) in [6.45, 7) is 9.75. The van der Waals surface area contributed by atoms with Gasteiger partial charge in [0.2, 0.25) is 4.38 Å². The van der Waals surface area contributed by atoms with E-state index in [9.17, 15) is 0 Å². The fourth-order valence-electron chi connectivity index (χ4n) is 6.44. The van der Waals surface area contributed by atoms with Crippen molar-refractivity contribution in [3.05, 3.63) is 84.4 Å². The second-order valence-corrected chi connectivity index (χ2v) is 12.7. The summed E-state index contributed by atoms with van der Waals surface area (Å²) in [5.41, 5.74) is 3.52. The van der Waals surface area contributed by atoms with Crippen molar-refractivity contribution in [3.8, 4) is 0 Å². The number of hydrogen-bond acceptors (Lipinski definition) is 7. The number of allylic oxidation sites excluding steroid dienone is 1. The van der Waals surface area contributed by atoms with E-state index < -0.39 is 5.79 Å². The fraction of sp³-hybridized carbons (Fsp3) is 0.500. The summed E-state index contributed by atoms with van der Waals surface area (Å²) in [6, 6.07) is 21.9. The lowest BCUT2D eigenvalue weighted by atomic mass is 9.63. The van der Waals surface area contributed by atoms with Crippen LogP contribution in [0.4, 0.5) is 0 Å². The van der Waals surface area contributed by atoms with Crippen LogP contribution in [0.2, 0.25) is 0 Å². The van der Waals surface area contributed by atoms with Crippen LogP contribution < -0.4 is 0 Å². The summed E-state index contributed by atoms with van der Waals surface area (Å²) in [5.74, 6) is -0.541. The van der Waals surface area contributed by atoms with Crippen LogP contribution in [0.15, 0.2) is 78.4 Å². The highest BCUT2D eigenvalue weighted by atomic mass is 32.2. The molecule has 5 rings (SSSR count). The van der Waals surface area contributed by atoms with E-state index in [2.05, 4.69) is 86.1 Å². The smallest absolute Gasteiger partial charge is 0.219 e. The third-order valence-electron chi connectivity index (χ3n) is 8.59. The van der Waals surface area contributed by atoms with Gasteiger partial charge in [0.05, 0.1) is 25.3 Å². The zero-order chi connectivity index (χ0) is 27.5. The lowest BCUT2D eigenvalue weighted by molar-refractivity contribution is -0.235. The van der Waals surface area contributed by atoms with Gasteiger partial charge in [-0.1, -0.05) is 92.3 Å².